The van der Waals surface area contributed by atoms with Crippen LogP contribution in [0, 0.1) is 0 Å². The maximum Gasteiger partial charge on any atom is 0.251 e. The highest BCUT2D eigenvalue weighted by atomic mass is 16.5. The number of fused-ring (bicyclic) bond motifs is 1. The molecule has 3 heterocycles. The fraction of sp³-hybridized carbons (Fsp3) is 0.316. The number of benzene rings is 1. The van der Waals surface area contributed by atoms with Gasteiger partial charge in [-0.1, -0.05) is 6.07 Å². The van der Waals surface area contributed by atoms with Crippen LogP contribution in [0.15, 0.2) is 42.6 Å². The number of carbonyl (C=O) groups is 1. The molecule has 0 spiro atoms. The largest absolute Gasteiger partial charge is 0.472 e. The van der Waals surface area contributed by atoms with Crippen molar-refractivity contribution in [1.82, 2.24) is 20.3 Å². The molecule has 2 aromatic heterocycles. The molecule has 0 aliphatic carbocycles. The Bertz CT molecular complexity index is 928. The van der Waals surface area contributed by atoms with E-state index in [9.17, 15) is 9.90 Å². The van der Waals surface area contributed by atoms with Crippen LogP contribution in [0.3, 0.4) is 0 Å². The lowest BCUT2D eigenvalue weighted by Crippen LogP contribution is -2.51. The van der Waals surface area contributed by atoms with E-state index < -0.39 is 0 Å². The minimum atomic E-state index is -0.279. The number of carbonyl (C=O) groups excluding carboxylic acids is 1. The van der Waals surface area contributed by atoms with Crippen LogP contribution < -0.4 is 10.1 Å². The van der Waals surface area contributed by atoms with Gasteiger partial charge in [0.15, 0.2) is 0 Å². The monoisotopic (exact) mass is 368 g/mol. The van der Waals surface area contributed by atoms with Gasteiger partial charge in [0.1, 0.15) is 18.5 Å². The van der Waals surface area contributed by atoms with E-state index in [1.165, 1.54) is 0 Å². The first kappa shape index (κ1) is 17.4. The van der Waals surface area contributed by atoms with Crippen molar-refractivity contribution in [3.05, 3.63) is 54.0 Å². The zero-order valence-electron chi connectivity index (χ0n) is 14.6. The molecule has 4 rings (SSSR count). The second-order valence-electron chi connectivity index (χ2n) is 6.34. The van der Waals surface area contributed by atoms with E-state index in [1.807, 2.05) is 12.1 Å². The maximum atomic E-state index is 12.7. The summed E-state index contributed by atoms with van der Waals surface area (Å²) in [6.45, 7) is 0.778. The highest BCUT2D eigenvalue weighted by Gasteiger charge is 2.29. The summed E-state index contributed by atoms with van der Waals surface area (Å²) < 4.78 is 11.5. The van der Waals surface area contributed by atoms with Crippen molar-refractivity contribution in [3.8, 4) is 5.88 Å². The van der Waals surface area contributed by atoms with Crippen LogP contribution in [0.2, 0.25) is 0 Å². The fourth-order valence-electron chi connectivity index (χ4n) is 3.10. The average Bonchev–Trinajstić information content (AvgIpc) is 3.12. The quantitative estimate of drug-likeness (QED) is 0.628. The normalized spacial score (nSPS) is 19.7. The van der Waals surface area contributed by atoms with Crippen LogP contribution in [-0.2, 0) is 11.3 Å². The number of H-pyrrole nitrogens is 1. The molecule has 0 radical (unpaired) electrons. The van der Waals surface area contributed by atoms with Gasteiger partial charge in [-0.2, -0.15) is 0 Å². The first-order chi connectivity index (χ1) is 13.2. The third-order valence-electron chi connectivity index (χ3n) is 4.46. The summed E-state index contributed by atoms with van der Waals surface area (Å²) in [7, 11) is 0. The molecule has 1 aliphatic heterocycles. The lowest BCUT2D eigenvalue weighted by Gasteiger charge is -2.32. The van der Waals surface area contributed by atoms with Crippen LogP contribution in [0.5, 0.6) is 5.88 Å². The number of nitrogens with one attached hydrogen (secondary N) is 2. The number of hydrogen-bond acceptors (Lipinski definition) is 6. The minimum Gasteiger partial charge on any atom is -0.472 e. The van der Waals surface area contributed by atoms with Gasteiger partial charge in [0, 0.05) is 24.2 Å². The zero-order valence-corrected chi connectivity index (χ0v) is 14.6. The second-order valence-corrected chi connectivity index (χ2v) is 6.34. The molecule has 1 aliphatic rings. The number of aliphatic hydroxyl groups is 1. The Labute approximate surface area is 155 Å². The Morgan fingerprint density at radius 3 is 3.11 bits per heavy atom. The van der Waals surface area contributed by atoms with Gasteiger partial charge in [-0.15, -0.1) is 0 Å². The Balaban J connectivity index is 1.48. The molecule has 0 saturated carbocycles. The standard InChI is InChI=1S/C19H20N4O4/c24-10-17-21-13-5-4-12(9-14(13)22-17)19(25)23-15-11-26-8-6-16(15)27-18-3-1-2-7-20-18/h1-5,7,9,15-16,24H,6,8,10-11H2,(H,21,22)(H,23,25)/t15-,16-/m1/s1. The summed E-state index contributed by atoms with van der Waals surface area (Å²) in [4.78, 5) is 24.1. The number of aromatic nitrogens is 3. The summed E-state index contributed by atoms with van der Waals surface area (Å²) in [6, 6.07) is 10.4. The molecule has 1 aromatic carbocycles. The number of rotatable bonds is 5. The molecular formula is C19H20N4O4. The SMILES string of the molecule is O=C(N[C@@H]1COCC[C@H]1Oc1ccccn1)c1ccc2nc(CO)[nH]c2c1. The number of imidazole rings is 1. The number of amides is 1. The number of hydrogen-bond donors (Lipinski definition) is 3. The van der Waals surface area contributed by atoms with Crippen molar-refractivity contribution < 1.29 is 19.4 Å². The minimum absolute atomic E-state index is 0.178. The average molecular weight is 368 g/mol. The first-order valence-electron chi connectivity index (χ1n) is 8.79. The summed E-state index contributed by atoms with van der Waals surface area (Å²) in [5, 5.41) is 12.2. The number of pyridine rings is 1. The van der Waals surface area contributed by atoms with E-state index in [1.54, 1.807) is 30.5 Å². The predicted molar refractivity (Wildman–Crippen MR) is 97.4 cm³/mol. The summed E-state index contributed by atoms with van der Waals surface area (Å²) in [5.74, 6) is 0.772. The van der Waals surface area contributed by atoms with Crippen molar-refractivity contribution in [2.24, 2.45) is 0 Å². The molecular weight excluding hydrogens is 348 g/mol. The predicted octanol–water partition coefficient (Wildman–Crippen LogP) is 1.42. The lowest BCUT2D eigenvalue weighted by molar-refractivity contribution is -0.00448. The summed E-state index contributed by atoms with van der Waals surface area (Å²) >= 11 is 0. The number of aromatic amines is 1. The Hall–Kier alpha value is -2.97. The number of ether oxygens (including phenoxy) is 2. The Morgan fingerprint density at radius 1 is 1.37 bits per heavy atom. The van der Waals surface area contributed by atoms with Gasteiger partial charge in [-0.05, 0) is 24.3 Å². The zero-order chi connectivity index (χ0) is 18.6. The van der Waals surface area contributed by atoms with Crippen LogP contribution in [0.25, 0.3) is 11.0 Å². The highest BCUT2D eigenvalue weighted by molar-refractivity contribution is 5.97. The van der Waals surface area contributed by atoms with Gasteiger partial charge in [-0.25, -0.2) is 9.97 Å². The van der Waals surface area contributed by atoms with Crippen molar-refractivity contribution in [2.75, 3.05) is 13.2 Å². The van der Waals surface area contributed by atoms with Gasteiger partial charge in [0.2, 0.25) is 5.88 Å². The van der Waals surface area contributed by atoms with E-state index in [-0.39, 0.29) is 24.7 Å². The van der Waals surface area contributed by atoms with Crippen molar-refractivity contribution in [2.45, 2.75) is 25.2 Å². The van der Waals surface area contributed by atoms with Crippen LogP contribution in [0.4, 0.5) is 0 Å². The molecule has 8 nitrogen and oxygen atoms in total. The van der Waals surface area contributed by atoms with E-state index in [0.717, 1.165) is 0 Å². The third kappa shape index (κ3) is 3.91. The lowest BCUT2D eigenvalue weighted by atomic mass is 10.1. The topological polar surface area (TPSA) is 109 Å². The van der Waals surface area contributed by atoms with Crippen LogP contribution in [0.1, 0.15) is 22.6 Å². The van der Waals surface area contributed by atoms with Gasteiger partial charge >= 0.3 is 0 Å². The second kappa shape index (κ2) is 7.73. The van der Waals surface area contributed by atoms with E-state index in [2.05, 4.69) is 20.3 Å². The number of nitrogens with zero attached hydrogens (tertiary/aromatic N) is 2. The molecule has 8 heteroatoms. The molecule has 140 valence electrons. The number of aliphatic hydroxyl groups excluding tert-OH is 1. The summed E-state index contributed by atoms with van der Waals surface area (Å²) in [5.41, 5.74) is 1.90. The Morgan fingerprint density at radius 2 is 2.30 bits per heavy atom. The first-order valence-corrected chi connectivity index (χ1v) is 8.79. The van der Waals surface area contributed by atoms with E-state index in [4.69, 9.17) is 9.47 Å². The molecule has 1 saturated heterocycles. The smallest absolute Gasteiger partial charge is 0.251 e. The molecule has 27 heavy (non-hydrogen) atoms. The van der Waals surface area contributed by atoms with E-state index in [0.29, 0.717) is 47.9 Å². The van der Waals surface area contributed by atoms with Gasteiger partial charge in [-0.3, -0.25) is 4.79 Å². The molecule has 1 amide bonds. The van der Waals surface area contributed by atoms with E-state index >= 15 is 0 Å². The molecule has 0 bridgehead atoms. The molecule has 0 unspecified atom stereocenters. The van der Waals surface area contributed by atoms with Crippen molar-refractivity contribution in [1.29, 1.82) is 0 Å². The van der Waals surface area contributed by atoms with Crippen LogP contribution in [-0.4, -0.2) is 51.3 Å². The van der Waals surface area contributed by atoms with Gasteiger partial charge < -0.3 is 24.9 Å². The molecule has 1 fully saturated rings. The van der Waals surface area contributed by atoms with Gasteiger partial charge in [0.05, 0.1) is 30.3 Å². The molecule has 3 N–H and O–H groups in total. The van der Waals surface area contributed by atoms with Crippen molar-refractivity contribution in [3.63, 3.8) is 0 Å². The maximum absolute atomic E-state index is 12.7. The molecule has 3 aromatic rings. The van der Waals surface area contributed by atoms with Crippen molar-refractivity contribution >= 4 is 16.9 Å². The summed E-state index contributed by atoms with van der Waals surface area (Å²) in [6.07, 6.45) is 2.12. The molecule has 2 atom stereocenters. The highest BCUT2D eigenvalue weighted by Crippen LogP contribution is 2.18. The Kier molecular flexibility index (Phi) is 4.99. The van der Waals surface area contributed by atoms with Gasteiger partial charge in [0.25, 0.3) is 5.91 Å². The third-order valence-corrected chi connectivity index (χ3v) is 4.46. The fourth-order valence-corrected chi connectivity index (χ4v) is 3.10. The van der Waals surface area contributed by atoms with Crippen LogP contribution >= 0.6 is 0 Å².